The number of amides is 3. The van der Waals surface area contributed by atoms with Crippen LogP contribution >= 0.6 is 0 Å². The number of nitrogens with one attached hydrogen (secondary N) is 1. The molecule has 1 aliphatic heterocycles. The van der Waals surface area contributed by atoms with Crippen molar-refractivity contribution in [3.05, 3.63) is 12.2 Å². The standard InChI is InChI=1S/C30H52N2O15/c33-27(3-6-32-28(34)1-2-29(32)35)31-5-8-39-10-12-41-14-16-43-18-20-45-22-24-47-26-25-46-23-21-44-19-17-42-15-13-40-11-9-38-7-4-30(36)37/h1-2H,3-26H2,(H,31,33)(H,36,37). The molecule has 2 N–H and O–H groups in total. The first-order valence-electron chi connectivity index (χ1n) is 15.8. The fourth-order valence-corrected chi connectivity index (χ4v) is 3.46. The van der Waals surface area contributed by atoms with Crippen molar-refractivity contribution in [1.82, 2.24) is 10.2 Å². The molecule has 0 fully saturated rings. The number of carboxylic acid groups (broad SMARTS) is 1. The van der Waals surface area contributed by atoms with Crippen molar-refractivity contribution in [1.29, 1.82) is 0 Å². The molecule has 17 heteroatoms. The van der Waals surface area contributed by atoms with Crippen molar-refractivity contribution in [2.45, 2.75) is 12.8 Å². The van der Waals surface area contributed by atoms with Gasteiger partial charge in [0.1, 0.15) is 0 Å². The van der Waals surface area contributed by atoms with E-state index in [4.69, 9.17) is 52.5 Å². The molecule has 0 bridgehead atoms. The first-order chi connectivity index (χ1) is 23.0. The molecule has 0 spiro atoms. The highest BCUT2D eigenvalue weighted by Gasteiger charge is 2.23. The van der Waals surface area contributed by atoms with E-state index in [1.807, 2.05) is 0 Å². The SMILES string of the molecule is O=C(O)CCOCCOCCOCCOCCOCCOCCOCCOCCOCCOCCNC(=O)CCN1C(=O)C=CC1=O. The maximum absolute atomic E-state index is 11.8. The minimum Gasteiger partial charge on any atom is -0.481 e. The molecule has 0 saturated carbocycles. The van der Waals surface area contributed by atoms with Crippen molar-refractivity contribution >= 4 is 23.7 Å². The molecular formula is C30H52N2O15. The van der Waals surface area contributed by atoms with Gasteiger partial charge in [-0.15, -0.1) is 0 Å². The minimum absolute atomic E-state index is 0.0112. The van der Waals surface area contributed by atoms with Crippen LogP contribution in [-0.4, -0.2) is 179 Å². The number of imide groups is 1. The molecular weight excluding hydrogens is 628 g/mol. The highest BCUT2D eigenvalue weighted by Crippen LogP contribution is 2.03. The lowest BCUT2D eigenvalue weighted by atomic mass is 10.3. The lowest BCUT2D eigenvalue weighted by Gasteiger charge is -2.13. The van der Waals surface area contributed by atoms with E-state index in [2.05, 4.69) is 5.32 Å². The van der Waals surface area contributed by atoms with Crippen LogP contribution in [0.5, 0.6) is 0 Å². The summed E-state index contributed by atoms with van der Waals surface area (Å²) in [5.41, 5.74) is 0. The molecule has 272 valence electrons. The predicted octanol–water partition coefficient (Wildman–Crippen LogP) is -0.942. The van der Waals surface area contributed by atoms with Gasteiger partial charge in [-0.3, -0.25) is 24.1 Å². The Morgan fingerprint density at radius 1 is 0.489 bits per heavy atom. The van der Waals surface area contributed by atoms with Gasteiger partial charge < -0.3 is 57.8 Å². The molecule has 1 aliphatic rings. The summed E-state index contributed by atoms with van der Waals surface area (Å²) in [4.78, 5) is 46.0. The van der Waals surface area contributed by atoms with Gasteiger partial charge in [0.15, 0.2) is 0 Å². The molecule has 0 radical (unpaired) electrons. The van der Waals surface area contributed by atoms with Crippen LogP contribution in [-0.2, 0) is 66.5 Å². The highest BCUT2D eigenvalue weighted by molar-refractivity contribution is 6.13. The molecule has 0 aromatic carbocycles. The fraction of sp³-hybridized carbons (Fsp3) is 0.800. The molecule has 3 amide bonds. The van der Waals surface area contributed by atoms with Gasteiger partial charge in [0.25, 0.3) is 11.8 Å². The number of carbonyl (C=O) groups excluding carboxylic acids is 3. The molecule has 17 nitrogen and oxygen atoms in total. The summed E-state index contributed by atoms with van der Waals surface area (Å²) in [5.74, 6) is -1.94. The fourth-order valence-electron chi connectivity index (χ4n) is 3.46. The molecule has 0 aromatic heterocycles. The van der Waals surface area contributed by atoms with Crippen molar-refractivity contribution in [2.75, 3.05) is 145 Å². The second-order valence-corrected chi connectivity index (χ2v) is 9.53. The Balaban J connectivity index is 1.65. The summed E-state index contributed by atoms with van der Waals surface area (Å²) in [6.07, 6.45) is 2.42. The van der Waals surface area contributed by atoms with Gasteiger partial charge in [-0.2, -0.15) is 0 Å². The molecule has 1 rings (SSSR count). The smallest absolute Gasteiger partial charge is 0.305 e. The summed E-state index contributed by atoms with van der Waals surface area (Å²) >= 11 is 0. The third-order valence-corrected chi connectivity index (χ3v) is 5.84. The number of ether oxygens (including phenoxy) is 10. The average molecular weight is 681 g/mol. The molecule has 47 heavy (non-hydrogen) atoms. The quantitative estimate of drug-likeness (QED) is 0.0607. The highest BCUT2D eigenvalue weighted by atomic mass is 16.6. The summed E-state index contributed by atoms with van der Waals surface area (Å²) in [5, 5.41) is 11.2. The second kappa shape index (κ2) is 32.0. The van der Waals surface area contributed by atoms with Crippen molar-refractivity contribution in [3.63, 3.8) is 0 Å². The van der Waals surface area contributed by atoms with E-state index in [1.54, 1.807) is 0 Å². The molecule has 0 saturated heterocycles. The Morgan fingerprint density at radius 2 is 0.787 bits per heavy atom. The maximum Gasteiger partial charge on any atom is 0.305 e. The largest absolute Gasteiger partial charge is 0.481 e. The summed E-state index contributed by atoms with van der Waals surface area (Å²) in [6, 6.07) is 0. The predicted molar refractivity (Wildman–Crippen MR) is 164 cm³/mol. The number of rotatable bonds is 36. The first kappa shape index (κ1) is 42.4. The van der Waals surface area contributed by atoms with Gasteiger partial charge in [0.05, 0.1) is 139 Å². The third-order valence-electron chi connectivity index (χ3n) is 5.84. The monoisotopic (exact) mass is 680 g/mol. The van der Waals surface area contributed by atoms with E-state index >= 15 is 0 Å². The van der Waals surface area contributed by atoms with Gasteiger partial charge in [-0.25, -0.2) is 0 Å². The van der Waals surface area contributed by atoms with Crippen LogP contribution < -0.4 is 5.32 Å². The van der Waals surface area contributed by atoms with Crippen LogP contribution in [0, 0.1) is 0 Å². The van der Waals surface area contributed by atoms with E-state index in [9.17, 15) is 19.2 Å². The molecule has 0 atom stereocenters. The lowest BCUT2D eigenvalue weighted by Crippen LogP contribution is -2.35. The second-order valence-electron chi connectivity index (χ2n) is 9.53. The first-order valence-corrected chi connectivity index (χ1v) is 15.8. The average Bonchev–Trinajstić information content (AvgIpc) is 3.38. The van der Waals surface area contributed by atoms with Gasteiger partial charge in [-0.1, -0.05) is 0 Å². The van der Waals surface area contributed by atoms with Crippen LogP contribution in [0.4, 0.5) is 0 Å². The number of carbonyl (C=O) groups is 4. The van der Waals surface area contributed by atoms with Crippen molar-refractivity contribution in [2.24, 2.45) is 0 Å². The van der Waals surface area contributed by atoms with E-state index in [1.165, 1.54) is 12.2 Å². The van der Waals surface area contributed by atoms with Crippen LogP contribution in [0.25, 0.3) is 0 Å². The molecule has 1 heterocycles. The van der Waals surface area contributed by atoms with Crippen LogP contribution in [0.15, 0.2) is 12.2 Å². The zero-order valence-electron chi connectivity index (χ0n) is 27.2. The number of hydrogen-bond donors (Lipinski definition) is 2. The Morgan fingerprint density at radius 3 is 1.11 bits per heavy atom. The van der Waals surface area contributed by atoms with Crippen LogP contribution in [0.3, 0.4) is 0 Å². The van der Waals surface area contributed by atoms with Gasteiger partial charge in [0.2, 0.25) is 5.91 Å². The van der Waals surface area contributed by atoms with E-state index < -0.39 is 17.8 Å². The van der Waals surface area contributed by atoms with Crippen LogP contribution in [0.2, 0.25) is 0 Å². The van der Waals surface area contributed by atoms with Crippen molar-refractivity contribution < 1.29 is 71.7 Å². The van der Waals surface area contributed by atoms with Crippen LogP contribution in [0.1, 0.15) is 12.8 Å². The Kier molecular flexibility index (Phi) is 28.9. The Hall–Kier alpha value is -2.58. The lowest BCUT2D eigenvalue weighted by molar-refractivity contribution is -0.139. The maximum atomic E-state index is 11.8. The minimum atomic E-state index is -0.882. The van der Waals surface area contributed by atoms with Gasteiger partial charge in [0, 0.05) is 31.7 Å². The topological polar surface area (TPSA) is 196 Å². The summed E-state index contributed by atoms with van der Waals surface area (Å²) in [6.45, 7) is 8.78. The Labute approximate surface area is 276 Å². The Bertz CT molecular complexity index is 828. The number of nitrogens with zero attached hydrogens (tertiary/aromatic N) is 1. The van der Waals surface area contributed by atoms with Crippen molar-refractivity contribution in [3.8, 4) is 0 Å². The number of carboxylic acids is 1. The zero-order chi connectivity index (χ0) is 34.0. The molecule has 0 unspecified atom stereocenters. The molecule has 0 aliphatic carbocycles. The van der Waals surface area contributed by atoms with Gasteiger partial charge >= 0.3 is 5.97 Å². The number of hydrogen-bond acceptors (Lipinski definition) is 14. The summed E-state index contributed by atoms with van der Waals surface area (Å²) in [7, 11) is 0. The number of aliphatic carboxylic acids is 1. The summed E-state index contributed by atoms with van der Waals surface area (Å²) < 4.78 is 53.8. The zero-order valence-corrected chi connectivity index (χ0v) is 27.2. The normalized spacial score (nSPS) is 12.8. The molecule has 0 aromatic rings. The third kappa shape index (κ3) is 28.2. The van der Waals surface area contributed by atoms with E-state index in [0.29, 0.717) is 132 Å². The van der Waals surface area contributed by atoms with E-state index in [-0.39, 0.29) is 31.9 Å². The van der Waals surface area contributed by atoms with E-state index in [0.717, 1.165) is 4.90 Å². The van der Waals surface area contributed by atoms with Gasteiger partial charge in [-0.05, 0) is 0 Å².